The van der Waals surface area contributed by atoms with E-state index in [-0.39, 0.29) is 0 Å². The number of benzene rings is 3. The van der Waals surface area contributed by atoms with Gasteiger partial charge in [-0.3, -0.25) is 0 Å². The van der Waals surface area contributed by atoms with Crippen LogP contribution in [0.3, 0.4) is 0 Å². The zero-order valence-electron chi connectivity index (χ0n) is 19.6. The molecule has 0 spiro atoms. The SMILES string of the molecule is COc1cc(NCCCN(C)C)c(OC)c2nc(-c3ccccc3)c(-c3ccccc3)nc12. The fraction of sp³-hybridized carbons (Fsp3) is 0.259. The number of aromatic nitrogens is 2. The number of methoxy groups -OCH3 is 2. The van der Waals surface area contributed by atoms with Crippen molar-refractivity contribution in [3.8, 4) is 34.0 Å². The summed E-state index contributed by atoms with van der Waals surface area (Å²) in [5.74, 6) is 1.32. The third-order valence-electron chi connectivity index (χ3n) is 5.48. The highest BCUT2D eigenvalue weighted by molar-refractivity contribution is 5.96. The normalized spacial score (nSPS) is 11.1. The first-order valence-corrected chi connectivity index (χ1v) is 11.1. The van der Waals surface area contributed by atoms with Crippen LogP contribution in [0.5, 0.6) is 11.5 Å². The van der Waals surface area contributed by atoms with Gasteiger partial charge in [-0.05, 0) is 27.1 Å². The zero-order valence-corrected chi connectivity index (χ0v) is 19.6. The Morgan fingerprint density at radius 1 is 0.788 bits per heavy atom. The topological polar surface area (TPSA) is 59.5 Å². The van der Waals surface area contributed by atoms with Gasteiger partial charge >= 0.3 is 0 Å². The third-order valence-corrected chi connectivity index (χ3v) is 5.48. The van der Waals surface area contributed by atoms with Crippen LogP contribution < -0.4 is 14.8 Å². The van der Waals surface area contributed by atoms with Gasteiger partial charge in [0.25, 0.3) is 0 Å². The van der Waals surface area contributed by atoms with Crippen LogP contribution in [0.25, 0.3) is 33.5 Å². The Labute approximate surface area is 195 Å². The number of anilines is 1. The molecular formula is C27H30N4O2. The van der Waals surface area contributed by atoms with Crippen LogP contribution >= 0.6 is 0 Å². The molecule has 1 N–H and O–H groups in total. The van der Waals surface area contributed by atoms with Gasteiger partial charge in [-0.2, -0.15) is 0 Å². The number of nitrogens with one attached hydrogen (secondary N) is 1. The Hall–Kier alpha value is -3.64. The van der Waals surface area contributed by atoms with E-state index >= 15 is 0 Å². The van der Waals surface area contributed by atoms with Gasteiger partial charge in [0.15, 0.2) is 5.75 Å². The van der Waals surface area contributed by atoms with Crippen molar-refractivity contribution >= 4 is 16.7 Å². The molecule has 33 heavy (non-hydrogen) atoms. The van der Waals surface area contributed by atoms with E-state index in [4.69, 9.17) is 19.4 Å². The van der Waals surface area contributed by atoms with Crippen LogP contribution in [0.2, 0.25) is 0 Å². The summed E-state index contributed by atoms with van der Waals surface area (Å²) < 4.78 is 11.6. The lowest BCUT2D eigenvalue weighted by Crippen LogP contribution is -2.16. The van der Waals surface area contributed by atoms with E-state index in [1.54, 1.807) is 14.2 Å². The predicted octanol–water partition coefficient (Wildman–Crippen LogP) is 5.34. The smallest absolute Gasteiger partial charge is 0.170 e. The van der Waals surface area contributed by atoms with E-state index in [2.05, 4.69) is 36.4 Å². The molecule has 0 fully saturated rings. The van der Waals surface area contributed by atoms with Crippen LogP contribution in [-0.2, 0) is 0 Å². The number of nitrogens with zero attached hydrogens (tertiary/aromatic N) is 3. The van der Waals surface area contributed by atoms with Crippen molar-refractivity contribution in [2.24, 2.45) is 0 Å². The third kappa shape index (κ3) is 4.91. The first-order valence-electron chi connectivity index (χ1n) is 11.1. The number of rotatable bonds is 9. The molecule has 6 heteroatoms. The predicted molar refractivity (Wildman–Crippen MR) is 135 cm³/mol. The zero-order chi connectivity index (χ0) is 23.2. The lowest BCUT2D eigenvalue weighted by molar-refractivity contribution is 0.403. The Morgan fingerprint density at radius 3 is 1.88 bits per heavy atom. The second-order valence-corrected chi connectivity index (χ2v) is 8.09. The molecule has 1 heterocycles. The van der Waals surface area contributed by atoms with Gasteiger partial charge in [-0.15, -0.1) is 0 Å². The van der Waals surface area contributed by atoms with Gasteiger partial charge in [-0.25, -0.2) is 9.97 Å². The molecule has 0 unspecified atom stereocenters. The lowest BCUT2D eigenvalue weighted by atomic mass is 10.0. The van der Waals surface area contributed by atoms with Crippen molar-refractivity contribution in [3.63, 3.8) is 0 Å². The second-order valence-electron chi connectivity index (χ2n) is 8.09. The van der Waals surface area contributed by atoms with Crippen molar-refractivity contribution < 1.29 is 9.47 Å². The van der Waals surface area contributed by atoms with E-state index < -0.39 is 0 Å². The fourth-order valence-corrected chi connectivity index (χ4v) is 3.86. The van der Waals surface area contributed by atoms with Crippen LogP contribution in [0, 0.1) is 0 Å². The first-order chi connectivity index (χ1) is 16.1. The molecule has 0 atom stereocenters. The molecule has 0 saturated carbocycles. The van der Waals surface area contributed by atoms with E-state index in [1.165, 1.54) is 0 Å². The van der Waals surface area contributed by atoms with Gasteiger partial charge in [0.2, 0.25) is 0 Å². The van der Waals surface area contributed by atoms with Crippen LogP contribution in [0.4, 0.5) is 5.69 Å². The highest BCUT2D eigenvalue weighted by atomic mass is 16.5. The molecular weight excluding hydrogens is 412 g/mol. The number of hydrogen-bond acceptors (Lipinski definition) is 6. The van der Waals surface area contributed by atoms with Crippen LogP contribution in [-0.4, -0.2) is 56.3 Å². The summed E-state index contributed by atoms with van der Waals surface area (Å²) in [7, 11) is 7.47. The minimum atomic E-state index is 0.658. The molecule has 0 aliphatic heterocycles. The van der Waals surface area contributed by atoms with Gasteiger partial charge in [-0.1, -0.05) is 60.7 Å². The van der Waals surface area contributed by atoms with E-state index in [1.807, 2.05) is 54.6 Å². The molecule has 0 amide bonds. The van der Waals surface area contributed by atoms with E-state index in [9.17, 15) is 0 Å². The Kier molecular flexibility index (Phi) is 7.05. The summed E-state index contributed by atoms with van der Waals surface area (Å²) in [6.07, 6.45) is 1.00. The van der Waals surface area contributed by atoms with Crippen molar-refractivity contribution in [3.05, 3.63) is 66.7 Å². The van der Waals surface area contributed by atoms with Gasteiger partial charge < -0.3 is 19.7 Å². The van der Waals surface area contributed by atoms with Crippen molar-refractivity contribution in [1.29, 1.82) is 0 Å². The highest BCUT2D eigenvalue weighted by Gasteiger charge is 2.21. The molecule has 0 aliphatic carbocycles. The average molecular weight is 443 g/mol. The van der Waals surface area contributed by atoms with Crippen molar-refractivity contribution in [2.75, 3.05) is 46.7 Å². The fourth-order valence-electron chi connectivity index (χ4n) is 3.86. The minimum absolute atomic E-state index is 0.658. The van der Waals surface area contributed by atoms with Gasteiger partial charge in [0.1, 0.15) is 16.8 Å². The molecule has 0 aliphatic rings. The monoisotopic (exact) mass is 442 g/mol. The Morgan fingerprint density at radius 2 is 1.36 bits per heavy atom. The quantitative estimate of drug-likeness (QED) is 0.353. The minimum Gasteiger partial charge on any atom is -0.494 e. The standard InChI is InChI=1S/C27H30N4O2/c1-31(2)17-11-16-28-21-18-22(32-3)25-26(27(21)33-4)30-24(20-14-9-6-10-15-20)23(29-25)19-12-7-5-8-13-19/h5-10,12-15,18,28H,11,16-17H2,1-4H3. The molecule has 6 nitrogen and oxygen atoms in total. The van der Waals surface area contributed by atoms with Gasteiger partial charge in [0, 0.05) is 23.7 Å². The number of fused-ring (bicyclic) bond motifs is 1. The molecule has 170 valence electrons. The maximum Gasteiger partial charge on any atom is 0.170 e. The Bertz CT molecular complexity index is 1210. The summed E-state index contributed by atoms with van der Waals surface area (Å²) in [4.78, 5) is 12.3. The second kappa shape index (κ2) is 10.3. The lowest BCUT2D eigenvalue weighted by Gasteiger charge is -2.18. The maximum atomic E-state index is 5.84. The largest absolute Gasteiger partial charge is 0.494 e. The van der Waals surface area contributed by atoms with Gasteiger partial charge in [0.05, 0.1) is 31.3 Å². The summed E-state index contributed by atoms with van der Waals surface area (Å²) in [5, 5.41) is 3.49. The first kappa shape index (κ1) is 22.6. The highest BCUT2D eigenvalue weighted by Crippen LogP contribution is 2.41. The van der Waals surface area contributed by atoms with Crippen molar-refractivity contribution in [1.82, 2.24) is 14.9 Å². The summed E-state index contributed by atoms with van der Waals surface area (Å²) in [5.41, 5.74) is 5.80. The molecule has 3 aromatic carbocycles. The Balaban J connectivity index is 1.91. The van der Waals surface area contributed by atoms with Crippen LogP contribution in [0.15, 0.2) is 66.7 Å². The van der Waals surface area contributed by atoms with E-state index in [0.29, 0.717) is 22.5 Å². The number of hydrogen-bond donors (Lipinski definition) is 1. The molecule has 0 radical (unpaired) electrons. The van der Waals surface area contributed by atoms with Crippen molar-refractivity contribution in [2.45, 2.75) is 6.42 Å². The van der Waals surface area contributed by atoms with Crippen LogP contribution in [0.1, 0.15) is 6.42 Å². The molecule has 0 saturated heterocycles. The molecule has 4 aromatic rings. The summed E-state index contributed by atoms with van der Waals surface area (Å²) >= 11 is 0. The van der Waals surface area contributed by atoms with E-state index in [0.717, 1.165) is 47.7 Å². The average Bonchev–Trinajstić information content (AvgIpc) is 2.86. The summed E-state index contributed by atoms with van der Waals surface area (Å²) in [6.45, 7) is 1.81. The summed E-state index contributed by atoms with van der Waals surface area (Å²) in [6, 6.07) is 22.2. The molecule has 0 bridgehead atoms. The molecule has 1 aromatic heterocycles. The maximum absolute atomic E-state index is 5.84. The number of ether oxygens (including phenoxy) is 2. The molecule has 4 rings (SSSR count).